The summed E-state index contributed by atoms with van der Waals surface area (Å²) in [5.74, 6) is 0. The number of urea groups is 1. The lowest BCUT2D eigenvalue weighted by Gasteiger charge is -2.11. The summed E-state index contributed by atoms with van der Waals surface area (Å²) in [6.07, 6.45) is 0. The lowest BCUT2D eigenvalue weighted by atomic mass is 10.2. The molecule has 0 saturated heterocycles. The number of hydrogen-bond acceptors (Lipinski definition) is 3. The van der Waals surface area contributed by atoms with Crippen molar-refractivity contribution in [3.8, 4) is 0 Å². The van der Waals surface area contributed by atoms with Crippen LogP contribution in [-0.2, 0) is 17.9 Å². The molecule has 2 rings (SSSR count). The van der Waals surface area contributed by atoms with E-state index >= 15 is 0 Å². The van der Waals surface area contributed by atoms with E-state index in [1.54, 1.807) is 18.4 Å². The third kappa shape index (κ3) is 3.82. The van der Waals surface area contributed by atoms with Crippen molar-refractivity contribution >= 4 is 23.1 Å². The third-order valence-corrected chi connectivity index (χ3v) is 3.97. The van der Waals surface area contributed by atoms with Crippen molar-refractivity contribution in [2.24, 2.45) is 0 Å². The molecule has 2 N–H and O–H groups in total. The van der Waals surface area contributed by atoms with Gasteiger partial charge in [0.25, 0.3) is 0 Å². The van der Waals surface area contributed by atoms with E-state index in [2.05, 4.69) is 10.6 Å². The molecule has 0 atom stereocenters. The van der Waals surface area contributed by atoms with Crippen molar-refractivity contribution in [1.29, 1.82) is 0 Å². The zero-order valence-electron chi connectivity index (χ0n) is 11.6. The van der Waals surface area contributed by atoms with Crippen LogP contribution in [0.1, 0.15) is 16.0 Å². The highest BCUT2D eigenvalue weighted by molar-refractivity contribution is 7.10. The normalized spacial score (nSPS) is 10.3. The number of aryl methyl sites for hydroxylation is 1. The average Bonchev–Trinajstić information content (AvgIpc) is 2.84. The predicted octanol–water partition coefficient (Wildman–Crippen LogP) is 3.52. The number of para-hydroxylation sites is 1. The number of methoxy groups -OCH3 is 1. The summed E-state index contributed by atoms with van der Waals surface area (Å²) in [5, 5.41) is 7.74. The van der Waals surface area contributed by atoms with Gasteiger partial charge in [0.2, 0.25) is 0 Å². The Kier molecular flexibility index (Phi) is 5.15. The van der Waals surface area contributed by atoms with Crippen molar-refractivity contribution in [3.63, 3.8) is 0 Å². The van der Waals surface area contributed by atoms with Crippen LogP contribution in [0.25, 0.3) is 0 Å². The van der Waals surface area contributed by atoms with E-state index in [-0.39, 0.29) is 6.03 Å². The van der Waals surface area contributed by atoms with Crippen molar-refractivity contribution < 1.29 is 9.53 Å². The van der Waals surface area contributed by atoms with Crippen LogP contribution in [0.3, 0.4) is 0 Å². The van der Waals surface area contributed by atoms with Crippen LogP contribution in [0, 0.1) is 6.92 Å². The molecule has 1 aromatic carbocycles. The fourth-order valence-electron chi connectivity index (χ4n) is 1.84. The number of nitrogens with one attached hydrogen (secondary N) is 2. The van der Waals surface area contributed by atoms with E-state index in [1.165, 1.54) is 10.4 Å². The first kappa shape index (κ1) is 14.6. The number of benzene rings is 1. The smallest absolute Gasteiger partial charge is 0.319 e. The zero-order valence-corrected chi connectivity index (χ0v) is 12.4. The van der Waals surface area contributed by atoms with Crippen molar-refractivity contribution in [1.82, 2.24) is 5.32 Å². The van der Waals surface area contributed by atoms with Gasteiger partial charge in [-0.15, -0.1) is 11.3 Å². The van der Waals surface area contributed by atoms with E-state index in [0.29, 0.717) is 13.2 Å². The van der Waals surface area contributed by atoms with Gasteiger partial charge in [0.05, 0.1) is 13.2 Å². The van der Waals surface area contributed by atoms with E-state index in [0.717, 1.165) is 11.3 Å². The van der Waals surface area contributed by atoms with Gasteiger partial charge in [-0.1, -0.05) is 18.2 Å². The molecule has 20 heavy (non-hydrogen) atoms. The van der Waals surface area contributed by atoms with Crippen LogP contribution >= 0.6 is 11.3 Å². The van der Waals surface area contributed by atoms with Gasteiger partial charge in [0, 0.05) is 23.2 Å². The summed E-state index contributed by atoms with van der Waals surface area (Å²) >= 11 is 1.65. The van der Waals surface area contributed by atoms with E-state index in [1.807, 2.05) is 42.6 Å². The number of thiophene rings is 1. The summed E-state index contributed by atoms with van der Waals surface area (Å²) in [5.41, 5.74) is 2.93. The first-order chi connectivity index (χ1) is 9.70. The van der Waals surface area contributed by atoms with E-state index in [9.17, 15) is 4.79 Å². The highest BCUT2D eigenvalue weighted by Gasteiger charge is 2.07. The number of carbonyl (C=O) groups excluding carboxylic acids is 1. The van der Waals surface area contributed by atoms with Gasteiger partial charge in [0.15, 0.2) is 0 Å². The summed E-state index contributed by atoms with van der Waals surface area (Å²) in [6, 6.07) is 9.45. The molecular formula is C15H18N2O2S. The van der Waals surface area contributed by atoms with Crippen molar-refractivity contribution in [2.75, 3.05) is 12.4 Å². The lowest BCUT2D eigenvalue weighted by Crippen LogP contribution is -2.28. The molecule has 1 heterocycles. The van der Waals surface area contributed by atoms with Crippen LogP contribution < -0.4 is 10.6 Å². The number of rotatable bonds is 5. The fourth-order valence-corrected chi connectivity index (χ4v) is 2.68. The van der Waals surface area contributed by atoms with Gasteiger partial charge in [-0.2, -0.15) is 0 Å². The minimum atomic E-state index is -0.207. The summed E-state index contributed by atoms with van der Waals surface area (Å²) in [6.45, 7) is 3.06. The summed E-state index contributed by atoms with van der Waals surface area (Å²) in [7, 11) is 1.64. The third-order valence-electron chi connectivity index (χ3n) is 2.94. The minimum absolute atomic E-state index is 0.207. The van der Waals surface area contributed by atoms with E-state index < -0.39 is 0 Å². The Bertz CT molecular complexity index is 581. The van der Waals surface area contributed by atoms with Gasteiger partial charge in [-0.05, 0) is 30.0 Å². The summed E-state index contributed by atoms with van der Waals surface area (Å²) < 4.78 is 5.11. The highest BCUT2D eigenvalue weighted by atomic mass is 32.1. The second-order valence-electron chi connectivity index (χ2n) is 4.42. The standard InChI is InChI=1S/C15H18N2O2S/c1-11-7-8-20-14(11)9-16-15(18)17-13-6-4-3-5-12(13)10-19-2/h3-8H,9-10H2,1-2H3,(H2,16,17,18). The van der Waals surface area contributed by atoms with Gasteiger partial charge < -0.3 is 15.4 Å². The van der Waals surface area contributed by atoms with Crippen LogP contribution in [0.4, 0.5) is 10.5 Å². The highest BCUT2D eigenvalue weighted by Crippen LogP contribution is 2.17. The van der Waals surface area contributed by atoms with Gasteiger partial charge >= 0.3 is 6.03 Å². The molecule has 0 radical (unpaired) electrons. The Morgan fingerprint density at radius 2 is 2.10 bits per heavy atom. The maximum Gasteiger partial charge on any atom is 0.319 e. The molecule has 4 nitrogen and oxygen atoms in total. The molecule has 2 aromatic rings. The molecule has 2 amide bonds. The SMILES string of the molecule is COCc1ccccc1NC(=O)NCc1sccc1C. The lowest BCUT2D eigenvalue weighted by molar-refractivity contribution is 0.185. The van der Waals surface area contributed by atoms with Crippen LogP contribution in [0.2, 0.25) is 0 Å². The van der Waals surface area contributed by atoms with Crippen molar-refractivity contribution in [3.05, 3.63) is 51.7 Å². The fraction of sp³-hybridized carbons (Fsp3) is 0.267. The maximum absolute atomic E-state index is 11.9. The molecule has 0 fully saturated rings. The number of amides is 2. The molecule has 0 spiro atoms. The van der Waals surface area contributed by atoms with Gasteiger partial charge in [-0.25, -0.2) is 4.79 Å². The number of anilines is 1. The van der Waals surface area contributed by atoms with Crippen LogP contribution in [0.15, 0.2) is 35.7 Å². The quantitative estimate of drug-likeness (QED) is 0.885. The second-order valence-corrected chi connectivity index (χ2v) is 5.43. The number of hydrogen-bond donors (Lipinski definition) is 2. The number of carbonyl (C=O) groups is 1. The Morgan fingerprint density at radius 1 is 1.30 bits per heavy atom. The molecule has 106 valence electrons. The molecule has 0 aliphatic carbocycles. The molecule has 5 heteroatoms. The molecule has 0 saturated carbocycles. The molecule has 0 aliphatic rings. The summed E-state index contributed by atoms with van der Waals surface area (Å²) in [4.78, 5) is 13.1. The van der Waals surface area contributed by atoms with Gasteiger partial charge in [-0.3, -0.25) is 0 Å². The van der Waals surface area contributed by atoms with Crippen LogP contribution in [-0.4, -0.2) is 13.1 Å². The molecule has 0 bridgehead atoms. The molecular weight excluding hydrogens is 272 g/mol. The molecule has 0 unspecified atom stereocenters. The maximum atomic E-state index is 11.9. The molecule has 0 aliphatic heterocycles. The van der Waals surface area contributed by atoms with Crippen LogP contribution in [0.5, 0.6) is 0 Å². The predicted molar refractivity (Wildman–Crippen MR) is 82.1 cm³/mol. The topological polar surface area (TPSA) is 50.4 Å². The largest absolute Gasteiger partial charge is 0.380 e. The van der Waals surface area contributed by atoms with E-state index in [4.69, 9.17) is 4.74 Å². The Hall–Kier alpha value is -1.85. The van der Waals surface area contributed by atoms with Gasteiger partial charge in [0.1, 0.15) is 0 Å². The minimum Gasteiger partial charge on any atom is -0.380 e. The second kappa shape index (κ2) is 7.07. The first-order valence-electron chi connectivity index (χ1n) is 6.35. The zero-order chi connectivity index (χ0) is 14.4. The molecule has 1 aromatic heterocycles. The van der Waals surface area contributed by atoms with Crippen molar-refractivity contribution in [2.45, 2.75) is 20.1 Å². The Morgan fingerprint density at radius 3 is 2.80 bits per heavy atom. The number of ether oxygens (including phenoxy) is 1. The monoisotopic (exact) mass is 290 g/mol. The Labute approximate surface area is 122 Å². The Balaban J connectivity index is 1.93. The first-order valence-corrected chi connectivity index (χ1v) is 7.23. The average molecular weight is 290 g/mol.